The van der Waals surface area contributed by atoms with Gasteiger partial charge in [0.25, 0.3) is 11.5 Å². The maximum atomic E-state index is 13.4. The zero-order chi connectivity index (χ0) is 19.0. The van der Waals surface area contributed by atoms with E-state index in [1.165, 1.54) is 39.7 Å². The van der Waals surface area contributed by atoms with Gasteiger partial charge in [0.05, 0.1) is 11.4 Å². The van der Waals surface area contributed by atoms with E-state index in [0.717, 1.165) is 12.1 Å². The molecule has 1 amide bonds. The fraction of sp³-hybridized carbons (Fsp3) is 0.111. The molecule has 0 radical (unpaired) electrons. The fourth-order valence-corrected chi connectivity index (χ4v) is 2.62. The molecule has 134 valence electrons. The number of aromatic nitrogens is 2. The van der Waals surface area contributed by atoms with Crippen molar-refractivity contribution in [1.29, 1.82) is 0 Å². The van der Waals surface area contributed by atoms with Gasteiger partial charge < -0.3 is 10.4 Å². The Labute approximate surface area is 146 Å². The van der Waals surface area contributed by atoms with Crippen molar-refractivity contribution in [3.05, 3.63) is 75.7 Å². The Kier molecular flexibility index (Phi) is 4.33. The van der Waals surface area contributed by atoms with Crippen molar-refractivity contribution >= 4 is 11.6 Å². The van der Waals surface area contributed by atoms with Gasteiger partial charge in [-0.15, -0.1) is 0 Å². The summed E-state index contributed by atoms with van der Waals surface area (Å²) >= 11 is 0. The molecule has 1 aromatic heterocycles. The first-order chi connectivity index (χ1) is 12.3. The van der Waals surface area contributed by atoms with Crippen LogP contribution in [0.15, 0.2) is 47.3 Å². The summed E-state index contributed by atoms with van der Waals surface area (Å²) in [5.74, 6) is -2.59. The van der Waals surface area contributed by atoms with E-state index in [4.69, 9.17) is 0 Å². The molecule has 6 nitrogen and oxygen atoms in total. The minimum Gasteiger partial charge on any atom is -0.505 e. The lowest BCUT2D eigenvalue weighted by Gasteiger charge is -2.07. The van der Waals surface area contributed by atoms with Crippen LogP contribution in [0, 0.1) is 18.6 Å². The molecule has 0 fully saturated rings. The SMILES string of the molecule is Cc1c(C(=O)Nc2ccc(O)c(F)c2)c(=O)n(-c2ccc(F)cc2)n1C. The molecule has 0 aliphatic rings. The number of phenols is 1. The Balaban J connectivity index is 2.01. The molecular formula is C18H15F2N3O3. The predicted molar refractivity (Wildman–Crippen MR) is 91.7 cm³/mol. The summed E-state index contributed by atoms with van der Waals surface area (Å²) in [6.07, 6.45) is 0. The number of halogens is 2. The lowest BCUT2D eigenvalue weighted by Crippen LogP contribution is -2.25. The topological polar surface area (TPSA) is 76.3 Å². The third-order valence-electron chi connectivity index (χ3n) is 4.06. The van der Waals surface area contributed by atoms with Gasteiger partial charge >= 0.3 is 0 Å². The summed E-state index contributed by atoms with van der Waals surface area (Å²) in [6.45, 7) is 1.59. The average molecular weight is 359 g/mol. The normalized spacial score (nSPS) is 10.8. The summed E-state index contributed by atoms with van der Waals surface area (Å²) in [7, 11) is 1.59. The third-order valence-corrected chi connectivity index (χ3v) is 4.06. The van der Waals surface area contributed by atoms with Gasteiger partial charge in [-0.1, -0.05) is 0 Å². The maximum absolute atomic E-state index is 13.4. The van der Waals surface area contributed by atoms with Crippen molar-refractivity contribution in [2.24, 2.45) is 7.05 Å². The Morgan fingerprint density at radius 3 is 2.38 bits per heavy atom. The molecule has 2 N–H and O–H groups in total. The molecule has 3 aromatic rings. The monoisotopic (exact) mass is 359 g/mol. The molecule has 0 aliphatic carbocycles. The van der Waals surface area contributed by atoms with Crippen LogP contribution in [-0.4, -0.2) is 20.4 Å². The van der Waals surface area contributed by atoms with Crippen LogP contribution in [0.2, 0.25) is 0 Å². The van der Waals surface area contributed by atoms with E-state index < -0.39 is 28.9 Å². The molecule has 0 saturated heterocycles. The second kappa shape index (κ2) is 6.47. The van der Waals surface area contributed by atoms with Crippen LogP contribution >= 0.6 is 0 Å². The Hall–Kier alpha value is -3.42. The number of amides is 1. The van der Waals surface area contributed by atoms with Crippen LogP contribution in [0.5, 0.6) is 5.75 Å². The van der Waals surface area contributed by atoms with Gasteiger partial charge in [0.1, 0.15) is 11.4 Å². The van der Waals surface area contributed by atoms with E-state index in [-0.39, 0.29) is 11.3 Å². The fourth-order valence-electron chi connectivity index (χ4n) is 2.62. The third kappa shape index (κ3) is 2.97. The predicted octanol–water partition coefficient (Wildman–Crippen LogP) is 2.72. The molecular weight excluding hydrogens is 344 g/mol. The molecule has 0 bridgehead atoms. The van der Waals surface area contributed by atoms with Gasteiger partial charge in [-0.25, -0.2) is 13.5 Å². The van der Waals surface area contributed by atoms with Crippen molar-refractivity contribution < 1.29 is 18.7 Å². The van der Waals surface area contributed by atoms with Crippen LogP contribution in [0.3, 0.4) is 0 Å². The highest BCUT2D eigenvalue weighted by Crippen LogP contribution is 2.20. The molecule has 2 aromatic carbocycles. The molecule has 0 spiro atoms. The van der Waals surface area contributed by atoms with E-state index in [0.29, 0.717) is 11.4 Å². The van der Waals surface area contributed by atoms with Crippen LogP contribution < -0.4 is 10.9 Å². The van der Waals surface area contributed by atoms with Gasteiger partial charge in [-0.3, -0.25) is 14.3 Å². The second-order valence-corrected chi connectivity index (χ2v) is 5.70. The maximum Gasteiger partial charge on any atom is 0.284 e. The van der Waals surface area contributed by atoms with Crippen LogP contribution in [0.25, 0.3) is 5.69 Å². The number of benzene rings is 2. The molecule has 0 saturated carbocycles. The zero-order valence-electron chi connectivity index (χ0n) is 14.0. The number of nitrogens with one attached hydrogen (secondary N) is 1. The van der Waals surface area contributed by atoms with Gasteiger partial charge in [-0.05, 0) is 43.3 Å². The molecule has 8 heteroatoms. The number of carbonyl (C=O) groups is 1. The largest absolute Gasteiger partial charge is 0.505 e. The van der Waals surface area contributed by atoms with E-state index in [1.807, 2.05) is 0 Å². The minimum atomic E-state index is -0.892. The van der Waals surface area contributed by atoms with Gasteiger partial charge in [-0.2, -0.15) is 0 Å². The summed E-state index contributed by atoms with van der Waals surface area (Å²) in [6, 6.07) is 8.63. The lowest BCUT2D eigenvalue weighted by molar-refractivity contribution is 0.102. The Morgan fingerprint density at radius 1 is 1.12 bits per heavy atom. The smallest absolute Gasteiger partial charge is 0.284 e. The molecule has 0 aliphatic heterocycles. The number of hydrogen-bond donors (Lipinski definition) is 2. The van der Waals surface area contributed by atoms with E-state index in [1.54, 1.807) is 14.0 Å². The first-order valence-corrected chi connectivity index (χ1v) is 7.64. The second-order valence-electron chi connectivity index (χ2n) is 5.70. The van der Waals surface area contributed by atoms with Crippen molar-refractivity contribution in [3.8, 4) is 11.4 Å². The van der Waals surface area contributed by atoms with E-state index >= 15 is 0 Å². The summed E-state index contributed by atoms with van der Waals surface area (Å²) < 4.78 is 29.2. The van der Waals surface area contributed by atoms with Crippen molar-refractivity contribution in [2.75, 3.05) is 5.32 Å². The highest BCUT2D eigenvalue weighted by molar-refractivity contribution is 6.05. The Bertz CT molecular complexity index is 1050. The van der Waals surface area contributed by atoms with Crippen molar-refractivity contribution in [2.45, 2.75) is 6.92 Å². The average Bonchev–Trinajstić information content (AvgIpc) is 2.81. The number of phenolic OH excluding ortho intramolecular Hbond substituents is 1. The first kappa shape index (κ1) is 17.4. The number of carbonyl (C=O) groups excluding carboxylic acids is 1. The van der Waals surface area contributed by atoms with Crippen molar-refractivity contribution in [3.63, 3.8) is 0 Å². The molecule has 1 heterocycles. The summed E-state index contributed by atoms with van der Waals surface area (Å²) in [5, 5.41) is 11.6. The van der Waals surface area contributed by atoms with Crippen LogP contribution in [0.1, 0.15) is 16.1 Å². The van der Waals surface area contributed by atoms with Crippen LogP contribution in [-0.2, 0) is 7.05 Å². The quantitative estimate of drug-likeness (QED) is 0.706. The van der Waals surface area contributed by atoms with E-state index in [9.17, 15) is 23.5 Å². The highest BCUT2D eigenvalue weighted by Gasteiger charge is 2.22. The molecule has 26 heavy (non-hydrogen) atoms. The molecule has 3 rings (SSSR count). The molecule has 0 unspecified atom stereocenters. The number of rotatable bonds is 3. The zero-order valence-corrected chi connectivity index (χ0v) is 14.0. The van der Waals surface area contributed by atoms with Crippen molar-refractivity contribution in [1.82, 2.24) is 9.36 Å². The standard InChI is InChI=1S/C18H15F2N3O3/c1-10-16(17(25)21-12-5-8-15(24)14(20)9-12)18(26)23(22(10)2)13-6-3-11(19)4-7-13/h3-9,24H,1-2H3,(H,21,25). The first-order valence-electron chi connectivity index (χ1n) is 7.64. The lowest BCUT2D eigenvalue weighted by atomic mass is 10.2. The highest BCUT2D eigenvalue weighted by atomic mass is 19.1. The number of aromatic hydroxyl groups is 1. The number of hydrogen-bond acceptors (Lipinski definition) is 3. The number of anilines is 1. The summed E-state index contributed by atoms with van der Waals surface area (Å²) in [4.78, 5) is 25.2. The summed E-state index contributed by atoms with van der Waals surface area (Å²) in [5.41, 5.74) is 0.174. The van der Waals surface area contributed by atoms with E-state index in [2.05, 4.69) is 5.32 Å². The van der Waals surface area contributed by atoms with Gasteiger partial charge in [0.15, 0.2) is 11.6 Å². The van der Waals surface area contributed by atoms with Gasteiger partial charge in [0.2, 0.25) is 0 Å². The number of nitrogens with zero attached hydrogens (tertiary/aromatic N) is 2. The molecule has 0 atom stereocenters. The van der Waals surface area contributed by atoms with Gasteiger partial charge in [0, 0.05) is 18.8 Å². The minimum absolute atomic E-state index is 0.0984. The van der Waals surface area contributed by atoms with Crippen LogP contribution in [0.4, 0.5) is 14.5 Å². The Morgan fingerprint density at radius 2 is 1.77 bits per heavy atom.